The van der Waals surface area contributed by atoms with Gasteiger partial charge in [-0.2, -0.15) is 10.4 Å². The van der Waals surface area contributed by atoms with Gasteiger partial charge in [0.15, 0.2) is 0 Å². The fourth-order valence-electron chi connectivity index (χ4n) is 2.56. The van der Waals surface area contributed by atoms with Gasteiger partial charge in [0.25, 0.3) is 0 Å². The molecule has 0 saturated carbocycles. The van der Waals surface area contributed by atoms with Crippen molar-refractivity contribution in [2.45, 2.75) is 31.9 Å². The number of azo groups is 1. The SMILES string of the molecule is CCCCOC1(N=Nc2ccccc2)C=CC(C(=O)O)=CC1.N#Cc1ccccc1F. The Kier molecular flexibility index (Phi) is 9.27. The number of rotatable bonds is 7. The number of nitriles is 1. The summed E-state index contributed by atoms with van der Waals surface area (Å²) >= 11 is 0. The lowest BCUT2D eigenvalue weighted by Gasteiger charge is -2.26. The topological polar surface area (TPSA) is 95.0 Å². The van der Waals surface area contributed by atoms with Gasteiger partial charge in [-0.3, -0.25) is 0 Å². The molecule has 1 N–H and O–H groups in total. The fraction of sp³-hybridized carbons (Fsp3) is 0.250. The molecule has 160 valence electrons. The summed E-state index contributed by atoms with van der Waals surface area (Å²) < 4.78 is 18.2. The van der Waals surface area contributed by atoms with Crippen LogP contribution in [-0.4, -0.2) is 23.4 Å². The minimum Gasteiger partial charge on any atom is -0.478 e. The Balaban J connectivity index is 0.000000316. The molecule has 0 spiro atoms. The Morgan fingerprint density at radius 3 is 2.48 bits per heavy atom. The molecule has 2 aromatic rings. The zero-order valence-corrected chi connectivity index (χ0v) is 17.2. The average molecular weight is 421 g/mol. The van der Waals surface area contributed by atoms with Crippen molar-refractivity contribution in [3.8, 4) is 6.07 Å². The maximum atomic E-state index is 12.4. The highest BCUT2D eigenvalue weighted by atomic mass is 19.1. The van der Waals surface area contributed by atoms with Crippen molar-refractivity contribution in [3.05, 3.63) is 89.8 Å². The molecule has 1 aliphatic rings. The quantitative estimate of drug-likeness (QED) is 0.441. The van der Waals surface area contributed by atoms with Crippen LogP contribution in [0, 0.1) is 17.1 Å². The highest BCUT2D eigenvalue weighted by Gasteiger charge is 2.30. The number of unbranched alkanes of at least 4 members (excludes halogenated alkanes) is 1. The van der Waals surface area contributed by atoms with E-state index in [-0.39, 0.29) is 11.1 Å². The Morgan fingerprint density at radius 2 is 1.94 bits per heavy atom. The molecular weight excluding hydrogens is 397 g/mol. The summed E-state index contributed by atoms with van der Waals surface area (Å²) in [4.78, 5) is 11.0. The normalized spacial score (nSPS) is 17.4. The third-order valence-electron chi connectivity index (χ3n) is 4.32. The van der Waals surface area contributed by atoms with Gasteiger partial charge in [0.2, 0.25) is 5.72 Å². The largest absolute Gasteiger partial charge is 0.478 e. The molecule has 1 atom stereocenters. The first kappa shape index (κ1) is 23.6. The number of carboxylic acids is 1. The Morgan fingerprint density at radius 1 is 1.23 bits per heavy atom. The molecule has 0 radical (unpaired) electrons. The number of hydrogen-bond donors (Lipinski definition) is 1. The lowest BCUT2D eigenvalue weighted by molar-refractivity contribution is -0.132. The van der Waals surface area contributed by atoms with Gasteiger partial charge in [0, 0.05) is 13.0 Å². The van der Waals surface area contributed by atoms with Gasteiger partial charge in [-0.25, -0.2) is 9.18 Å². The molecule has 1 aliphatic carbocycles. The van der Waals surface area contributed by atoms with Crippen LogP contribution in [0.15, 0.2) is 88.6 Å². The van der Waals surface area contributed by atoms with Crippen LogP contribution in [0.4, 0.5) is 10.1 Å². The smallest absolute Gasteiger partial charge is 0.335 e. The van der Waals surface area contributed by atoms with Gasteiger partial charge in [-0.05, 0) is 42.8 Å². The van der Waals surface area contributed by atoms with Crippen LogP contribution in [0.1, 0.15) is 31.7 Å². The van der Waals surface area contributed by atoms with Crippen LogP contribution in [0.2, 0.25) is 0 Å². The molecule has 6 nitrogen and oxygen atoms in total. The molecule has 0 heterocycles. The molecule has 31 heavy (non-hydrogen) atoms. The molecule has 2 aromatic carbocycles. The number of carbonyl (C=O) groups is 1. The van der Waals surface area contributed by atoms with E-state index in [0.717, 1.165) is 18.5 Å². The summed E-state index contributed by atoms with van der Waals surface area (Å²) in [6.07, 6.45) is 7.14. The molecule has 0 saturated heterocycles. The molecule has 0 bridgehead atoms. The molecule has 0 amide bonds. The van der Waals surface area contributed by atoms with Gasteiger partial charge in [0.1, 0.15) is 11.9 Å². The van der Waals surface area contributed by atoms with Crippen molar-refractivity contribution in [1.29, 1.82) is 5.26 Å². The molecule has 0 aliphatic heterocycles. The highest BCUT2D eigenvalue weighted by Crippen LogP contribution is 2.29. The Bertz CT molecular complexity index is 997. The highest BCUT2D eigenvalue weighted by molar-refractivity contribution is 5.90. The van der Waals surface area contributed by atoms with E-state index < -0.39 is 17.5 Å². The van der Waals surface area contributed by atoms with E-state index >= 15 is 0 Å². The number of benzene rings is 2. The predicted molar refractivity (Wildman–Crippen MR) is 115 cm³/mol. The number of ether oxygens (including phenoxy) is 1. The second kappa shape index (κ2) is 12.2. The lowest BCUT2D eigenvalue weighted by atomic mass is 10.00. The van der Waals surface area contributed by atoms with E-state index in [1.165, 1.54) is 18.2 Å². The van der Waals surface area contributed by atoms with E-state index in [1.807, 2.05) is 30.3 Å². The van der Waals surface area contributed by atoms with Gasteiger partial charge in [-0.15, -0.1) is 5.11 Å². The van der Waals surface area contributed by atoms with Crippen molar-refractivity contribution in [3.63, 3.8) is 0 Å². The van der Waals surface area contributed by atoms with Crippen LogP contribution < -0.4 is 0 Å². The monoisotopic (exact) mass is 421 g/mol. The van der Waals surface area contributed by atoms with Gasteiger partial charge in [0.05, 0.1) is 16.8 Å². The summed E-state index contributed by atoms with van der Waals surface area (Å²) in [5.74, 6) is -1.40. The molecule has 0 aromatic heterocycles. The van der Waals surface area contributed by atoms with Crippen molar-refractivity contribution in [2.75, 3.05) is 6.61 Å². The molecule has 0 fully saturated rings. The van der Waals surface area contributed by atoms with Crippen molar-refractivity contribution < 1.29 is 19.0 Å². The first-order valence-corrected chi connectivity index (χ1v) is 9.89. The zero-order chi connectivity index (χ0) is 22.5. The van der Waals surface area contributed by atoms with E-state index in [9.17, 15) is 9.18 Å². The van der Waals surface area contributed by atoms with Crippen LogP contribution in [0.3, 0.4) is 0 Å². The van der Waals surface area contributed by atoms with Crippen LogP contribution in [0.25, 0.3) is 0 Å². The molecule has 3 rings (SSSR count). The number of aliphatic carboxylic acids is 1. The molecule has 1 unspecified atom stereocenters. The number of hydrogen-bond acceptors (Lipinski definition) is 5. The second-order valence-electron chi connectivity index (χ2n) is 6.68. The average Bonchev–Trinajstić information content (AvgIpc) is 2.80. The second-order valence-corrected chi connectivity index (χ2v) is 6.68. The van der Waals surface area contributed by atoms with Gasteiger partial charge >= 0.3 is 5.97 Å². The van der Waals surface area contributed by atoms with Crippen molar-refractivity contribution in [1.82, 2.24) is 0 Å². The first-order chi connectivity index (χ1) is 15.0. The van der Waals surface area contributed by atoms with E-state index in [4.69, 9.17) is 15.1 Å². The molecule has 7 heteroatoms. The van der Waals surface area contributed by atoms with Crippen LogP contribution in [-0.2, 0) is 9.53 Å². The fourth-order valence-corrected chi connectivity index (χ4v) is 2.56. The van der Waals surface area contributed by atoms with E-state index in [0.29, 0.717) is 13.0 Å². The summed E-state index contributed by atoms with van der Waals surface area (Å²) in [5, 5.41) is 25.8. The zero-order valence-electron chi connectivity index (χ0n) is 17.2. The maximum absolute atomic E-state index is 12.4. The third-order valence-corrected chi connectivity index (χ3v) is 4.32. The summed E-state index contributed by atoms with van der Waals surface area (Å²) in [6.45, 7) is 2.64. The Labute approximate surface area is 181 Å². The number of carboxylic acid groups (broad SMARTS) is 1. The summed E-state index contributed by atoms with van der Waals surface area (Å²) in [6, 6.07) is 17.0. The minimum absolute atomic E-state index is 0.0949. The van der Waals surface area contributed by atoms with E-state index in [2.05, 4.69) is 17.2 Å². The van der Waals surface area contributed by atoms with Crippen LogP contribution in [0.5, 0.6) is 0 Å². The van der Waals surface area contributed by atoms with Gasteiger partial charge < -0.3 is 9.84 Å². The number of nitrogens with zero attached hydrogens (tertiary/aromatic N) is 3. The summed E-state index contributed by atoms with van der Waals surface area (Å²) in [7, 11) is 0. The van der Waals surface area contributed by atoms with Crippen molar-refractivity contribution >= 4 is 11.7 Å². The Hall–Kier alpha value is -3.63. The van der Waals surface area contributed by atoms with Crippen molar-refractivity contribution in [2.24, 2.45) is 10.2 Å². The van der Waals surface area contributed by atoms with Crippen LogP contribution >= 0.6 is 0 Å². The summed E-state index contributed by atoms with van der Waals surface area (Å²) in [5.41, 5.74) is 0.175. The standard InChI is InChI=1S/C17H20N2O3.C7H4FN/c1-2-3-13-22-17(11-9-14(10-12-17)16(20)21)19-18-15-7-5-4-6-8-15;8-7-4-2-1-3-6(7)5-9/h4-11H,2-3,12-13H2,1H3,(H,20,21);1-4H. The first-order valence-electron chi connectivity index (χ1n) is 9.89. The third kappa shape index (κ3) is 7.61. The maximum Gasteiger partial charge on any atom is 0.335 e. The minimum atomic E-state index is -0.946. The lowest BCUT2D eigenvalue weighted by Crippen LogP contribution is -2.29. The predicted octanol–water partition coefficient (Wildman–Crippen LogP) is 5.95. The molecular formula is C24H24FN3O3. The van der Waals surface area contributed by atoms with E-state index in [1.54, 1.807) is 30.4 Å². The number of halogens is 1. The van der Waals surface area contributed by atoms with Gasteiger partial charge in [-0.1, -0.05) is 49.8 Å².